The molecule has 1 rings (SSSR count). The normalized spacial score (nSPS) is 22.9. The number of ether oxygens (including phenoxy) is 1. The minimum atomic E-state index is -0.448. The minimum Gasteiger partial charge on any atom is -0.396 e. The van der Waals surface area contributed by atoms with Gasteiger partial charge in [-0.1, -0.05) is 0 Å². The number of carbonyl (C=O) groups excluding carboxylic acids is 1. The van der Waals surface area contributed by atoms with Crippen LogP contribution in [0.4, 0.5) is 0 Å². The molecule has 0 bridgehead atoms. The Hall–Kier alpha value is -0.650. The number of rotatable bonds is 6. The summed E-state index contributed by atoms with van der Waals surface area (Å²) in [5, 5.41) is 8.62. The summed E-state index contributed by atoms with van der Waals surface area (Å²) in [4.78, 5) is 13.1. The molecule has 5 heteroatoms. The van der Waals surface area contributed by atoms with E-state index in [0.29, 0.717) is 13.2 Å². The molecule has 0 spiro atoms. The van der Waals surface area contributed by atoms with Crippen LogP contribution in [0.2, 0.25) is 0 Å². The first kappa shape index (κ1) is 12.4. The molecular formula is C10H20N2O3. The van der Waals surface area contributed by atoms with Crippen molar-refractivity contribution in [3.8, 4) is 0 Å². The highest BCUT2D eigenvalue weighted by Crippen LogP contribution is 2.06. The van der Waals surface area contributed by atoms with Crippen molar-refractivity contribution in [2.24, 2.45) is 5.73 Å². The summed E-state index contributed by atoms with van der Waals surface area (Å²) in [7, 11) is 0. The van der Waals surface area contributed by atoms with Crippen LogP contribution in [0.1, 0.15) is 19.3 Å². The van der Waals surface area contributed by atoms with Crippen LogP contribution in [-0.2, 0) is 9.53 Å². The molecule has 88 valence electrons. The van der Waals surface area contributed by atoms with Gasteiger partial charge in [0.15, 0.2) is 0 Å². The molecule has 1 aliphatic heterocycles. The highest BCUT2D eigenvalue weighted by Gasteiger charge is 2.23. The second-order valence-electron chi connectivity index (χ2n) is 3.85. The summed E-state index contributed by atoms with van der Waals surface area (Å²) in [5.41, 5.74) is 5.18. The van der Waals surface area contributed by atoms with Gasteiger partial charge < -0.3 is 15.6 Å². The van der Waals surface area contributed by atoms with Gasteiger partial charge in [-0.2, -0.15) is 0 Å². The highest BCUT2D eigenvalue weighted by molar-refractivity contribution is 5.79. The molecular weight excluding hydrogens is 196 g/mol. The maximum atomic E-state index is 10.9. The van der Waals surface area contributed by atoms with Crippen molar-refractivity contribution >= 4 is 5.91 Å². The number of aliphatic hydroxyl groups excluding tert-OH is 1. The molecule has 0 aromatic rings. The first-order valence-corrected chi connectivity index (χ1v) is 5.48. The average molecular weight is 216 g/mol. The Morgan fingerprint density at radius 3 is 2.93 bits per heavy atom. The van der Waals surface area contributed by atoms with Gasteiger partial charge in [0.1, 0.15) is 6.10 Å². The van der Waals surface area contributed by atoms with Crippen LogP contribution < -0.4 is 5.73 Å². The fraction of sp³-hybridized carbons (Fsp3) is 0.900. The molecule has 5 nitrogen and oxygen atoms in total. The SMILES string of the molecule is NC(=O)C1CN(CCCCCO)CCO1. The second-order valence-corrected chi connectivity index (χ2v) is 3.85. The fourth-order valence-corrected chi connectivity index (χ4v) is 1.70. The third-order valence-electron chi connectivity index (χ3n) is 2.60. The predicted octanol–water partition coefficient (Wildman–Crippen LogP) is -0.665. The van der Waals surface area contributed by atoms with E-state index in [9.17, 15) is 4.79 Å². The number of nitrogens with zero attached hydrogens (tertiary/aromatic N) is 1. The van der Waals surface area contributed by atoms with Gasteiger partial charge in [0, 0.05) is 19.7 Å². The predicted molar refractivity (Wildman–Crippen MR) is 56.3 cm³/mol. The summed E-state index contributed by atoms with van der Waals surface area (Å²) in [6.07, 6.45) is 2.47. The van der Waals surface area contributed by atoms with Crippen molar-refractivity contribution < 1.29 is 14.6 Å². The largest absolute Gasteiger partial charge is 0.396 e. The quantitative estimate of drug-likeness (QED) is 0.578. The van der Waals surface area contributed by atoms with E-state index in [0.717, 1.165) is 32.4 Å². The smallest absolute Gasteiger partial charge is 0.247 e. The topological polar surface area (TPSA) is 75.8 Å². The van der Waals surface area contributed by atoms with Crippen molar-refractivity contribution in [1.29, 1.82) is 0 Å². The van der Waals surface area contributed by atoms with Gasteiger partial charge in [0.2, 0.25) is 5.91 Å². The Labute approximate surface area is 90.2 Å². The molecule has 1 atom stereocenters. The van der Waals surface area contributed by atoms with Crippen molar-refractivity contribution in [2.45, 2.75) is 25.4 Å². The maximum Gasteiger partial charge on any atom is 0.247 e. The van der Waals surface area contributed by atoms with Gasteiger partial charge in [0.25, 0.3) is 0 Å². The third-order valence-corrected chi connectivity index (χ3v) is 2.60. The van der Waals surface area contributed by atoms with Crippen LogP contribution in [0, 0.1) is 0 Å². The van der Waals surface area contributed by atoms with E-state index in [1.54, 1.807) is 0 Å². The molecule has 1 aliphatic rings. The molecule has 0 radical (unpaired) electrons. The number of amides is 1. The van der Waals surface area contributed by atoms with E-state index < -0.39 is 6.10 Å². The lowest BCUT2D eigenvalue weighted by atomic mass is 10.2. The fourth-order valence-electron chi connectivity index (χ4n) is 1.70. The Kier molecular flexibility index (Phi) is 5.60. The van der Waals surface area contributed by atoms with Gasteiger partial charge >= 0.3 is 0 Å². The molecule has 15 heavy (non-hydrogen) atoms. The molecule has 1 saturated heterocycles. The number of aliphatic hydroxyl groups is 1. The van der Waals surface area contributed by atoms with Gasteiger partial charge in [-0.15, -0.1) is 0 Å². The lowest BCUT2D eigenvalue weighted by molar-refractivity contribution is -0.135. The van der Waals surface area contributed by atoms with Crippen LogP contribution in [0.25, 0.3) is 0 Å². The lowest BCUT2D eigenvalue weighted by Crippen LogP contribution is -2.48. The van der Waals surface area contributed by atoms with E-state index in [1.165, 1.54) is 0 Å². The molecule has 1 amide bonds. The number of nitrogens with two attached hydrogens (primary N) is 1. The zero-order valence-electron chi connectivity index (χ0n) is 9.02. The Morgan fingerprint density at radius 1 is 1.47 bits per heavy atom. The number of unbranched alkanes of at least 4 members (excludes halogenated alkanes) is 2. The summed E-state index contributed by atoms with van der Waals surface area (Å²) in [6, 6.07) is 0. The number of hydrogen-bond acceptors (Lipinski definition) is 4. The third kappa shape index (κ3) is 4.59. The summed E-state index contributed by atoms with van der Waals surface area (Å²) >= 11 is 0. The molecule has 0 saturated carbocycles. The molecule has 1 fully saturated rings. The Balaban J connectivity index is 2.15. The summed E-state index contributed by atoms with van der Waals surface area (Å²) in [6.45, 7) is 3.26. The maximum absolute atomic E-state index is 10.9. The second kappa shape index (κ2) is 6.76. The Morgan fingerprint density at radius 2 is 2.27 bits per heavy atom. The zero-order chi connectivity index (χ0) is 11.1. The number of hydrogen-bond donors (Lipinski definition) is 2. The van der Waals surface area contributed by atoms with Crippen LogP contribution in [0.15, 0.2) is 0 Å². The van der Waals surface area contributed by atoms with E-state index in [4.69, 9.17) is 15.6 Å². The number of morpholine rings is 1. The molecule has 0 aromatic heterocycles. The monoisotopic (exact) mass is 216 g/mol. The van der Waals surface area contributed by atoms with Gasteiger partial charge in [-0.25, -0.2) is 0 Å². The highest BCUT2D eigenvalue weighted by atomic mass is 16.5. The average Bonchev–Trinajstić information content (AvgIpc) is 2.25. The molecule has 1 heterocycles. The van der Waals surface area contributed by atoms with Crippen molar-refractivity contribution in [3.05, 3.63) is 0 Å². The first-order chi connectivity index (χ1) is 7.24. The molecule has 0 aromatic carbocycles. The van der Waals surface area contributed by atoms with E-state index in [1.807, 2.05) is 0 Å². The lowest BCUT2D eigenvalue weighted by Gasteiger charge is -2.31. The van der Waals surface area contributed by atoms with Crippen LogP contribution >= 0.6 is 0 Å². The van der Waals surface area contributed by atoms with Crippen molar-refractivity contribution in [3.63, 3.8) is 0 Å². The van der Waals surface area contributed by atoms with Crippen molar-refractivity contribution in [2.75, 3.05) is 32.8 Å². The Bertz CT molecular complexity index is 199. The standard InChI is InChI=1S/C10H20N2O3/c11-10(14)9-8-12(5-7-15-9)4-2-1-3-6-13/h9,13H,1-8H2,(H2,11,14). The van der Waals surface area contributed by atoms with Crippen molar-refractivity contribution in [1.82, 2.24) is 4.90 Å². The van der Waals surface area contributed by atoms with Crippen LogP contribution in [-0.4, -0.2) is 54.9 Å². The van der Waals surface area contributed by atoms with Gasteiger partial charge in [-0.05, 0) is 25.8 Å². The van der Waals surface area contributed by atoms with Gasteiger partial charge in [0.05, 0.1) is 6.61 Å². The van der Waals surface area contributed by atoms with Gasteiger partial charge in [-0.3, -0.25) is 9.69 Å². The van der Waals surface area contributed by atoms with Crippen LogP contribution in [0.5, 0.6) is 0 Å². The number of primary amides is 1. The minimum absolute atomic E-state index is 0.257. The molecule has 0 aliphatic carbocycles. The van der Waals surface area contributed by atoms with Crippen LogP contribution in [0.3, 0.4) is 0 Å². The summed E-state index contributed by atoms with van der Waals surface area (Å²) in [5.74, 6) is -0.380. The molecule has 1 unspecified atom stereocenters. The zero-order valence-corrected chi connectivity index (χ0v) is 9.02. The number of carbonyl (C=O) groups is 1. The first-order valence-electron chi connectivity index (χ1n) is 5.48. The van der Waals surface area contributed by atoms with E-state index >= 15 is 0 Å². The van der Waals surface area contributed by atoms with E-state index in [-0.39, 0.29) is 12.5 Å². The molecule has 3 N–H and O–H groups in total. The summed E-state index contributed by atoms with van der Waals surface area (Å²) < 4.78 is 5.24. The van der Waals surface area contributed by atoms with E-state index in [2.05, 4.69) is 4.90 Å².